The van der Waals surface area contributed by atoms with Gasteiger partial charge in [-0.15, -0.1) is 0 Å². The number of halogens is 3. The van der Waals surface area contributed by atoms with Gasteiger partial charge in [-0.1, -0.05) is 6.07 Å². The Morgan fingerprint density at radius 1 is 1.00 bits per heavy atom. The highest BCUT2D eigenvalue weighted by molar-refractivity contribution is 6.06. The zero-order chi connectivity index (χ0) is 25.4. The van der Waals surface area contributed by atoms with Crippen molar-refractivity contribution in [1.82, 2.24) is 19.5 Å². The number of pyridine rings is 1. The molecule has 3 N–H and O–H groups in total. The Balaban J connectivity index is 1.43. The number of nitrogens with zero attached hydrogens (tertiary/aromatic N) is 3. The molecule has 0 aliphatic heterocycles. The Kier molecular flexibility index (Phi) is 5.71. The summed E-state index contributed by atoms with van der Waals surface area (Å²) in [5, 5.41) is 6.71. The summed E-state index contributed by atoms with van der Waals surface area (Å²) < 4.78 is 42.3. The number of fused-ring (bicyclic) bond motifs is 1. The summed E-state index contributed by atoms with van der Waals surface area (Å²) in [7, 11) is 0. The van der Waals surface area contributed by atoms with E-state index >= 15 is 0 Å². The van der Waals surface area contributed by atoms with Gasteiger partial charge in [0, 0.05) is 46.7 Å². The van der Waals surface area contributed by atoms with Crippen molar-refractivity contribution in [2.24, 2.45) is 0 Å². The first-order chi connectivity index (χ1) is 17.2. The van der Waals surface area contributed by atoms with Crippen LogP contribution < -0.4 is 10.6 Å². The molecule has 3 heterocycles. The second-order valence-electron chi connectivity index (χ2n) is 8.44. The first-order valence-electron chi connectivity index (χ1n) is 11.0. The molecule has 0 aliphatic carbocycles. The summed E-state index contributed by atoms with van der Waals surface area (Å²) >= 11 is 0. The van der Waals surface area contributed by atoms with Crippen LogP contribution >= 0.6 is 0 Å². The highest BCUT2D eigenvalue weighted by atomic mass is 19.4. The van der Waals surface area contributed by atoms with Crippen molar-refractivity contribution in [3.05, 3.63) is 95.8 Å². The Morgan fingerprint density at radius 2 is 1.83 bits per heavy atom. The Hall–Kier alpha value is -4.60. The number of benzene rings is 2. The predicted molar refractivity (Wildman–Crippen MR) is 132 cm³/mol. The number of amides is 1. The number of nitrogens with one attached hydrogen (secondary N) is 3. The van der Waals surface area contributed by atoms with Gasteiger partial charge in [-0.2, -0.15) is 13.2 Å². The molecule has 5 rings (SSSR count). The van der Waals surface area contributed by atoms with Crippen LogP contribution in [0.5, 0.6) is 0 Å². The zero-order valence-electron chi connectivity index (χ0n) is 19.3. The van der Waals surface area contributed by atoms with Crippen LogP contribution in [0, 0.1) is 13.8 Å². The van der Waals surface area contributed by atoms with Crippen LogP contribution in [0.25, 0.3) is 16.7 Å². The van der Waals surface area contributed by atoms with Gasteiger partial charge >= 0.3 is 6.18 Å². The van der Waals surface area contributed by atoms with Crippen molar-refractivity contribution in [2.75, 3.05) is 10.6 Å². The number of carbonyl (C=O) groups is 1. The van der Waals surface area contributed by atoms with Gasteiger partial charge in [-0.25, -0.2) is 9.97 Å². The van der Waals surface area contributed by atoms with Gasteiger partial charge < -0.3 is 20.2 Å². The first kappa shape index (κ1) is 23.2. The number of aromatic amines is 1. The molecule has 1 amide bonds. The van der Waals surface area contributed by atoms with E-state index in [2.05, 4.69) is 25.6 Å². The highest BCUT2D eigenvalue weighted by Gasteiger charge is 2.31. The minimum absolute atomic E-state index is 0.245. The van der Waals surface area contributed by atoms with Gasteiger partial charge in [0.2, 0.25) is 0 Å². The minimum Gasteiger partial charge on any atom is -0.355 e. The molecule has 3 aromatic heterocycles. The maximum absolute atomic E-state index is 13.6. The molecule has 0 bridgehead atoms. The molecule has 2 aromatic carbocycles. The number of hydrogen-bond acceptors (Lipinski definition) is 4. The van der Waals surface area contributed by atoms with Crippen molar-refractivity contribution in [3.8, 4) is 5.69 Å². The van der Waals surface area contributed by atoms with E-state index in [4.69, 9.17) is 0 Å². The van der Waals surface area contributed by atoms with E-state index in [9.17, 15) is 18.0 Å². The fourth-order valence-electron chi connectivity index (χ4n) is 3.82. The summed E-state index contributed by atoms with van der Waals surface area (Å²) in [5.41, 5.74) is 3.37. The maximum Gasteiger partial charge on any atom is 0.416 e. The normalized spacial score (nSPS) is 11.6. The van der Waals surface area contributed by atoms with Gasteiger partial charge in [0.05, 0.1) is 23.1 Å². The van der Waals surface area contributed by atoms with E-state index in [0.717, 1.165) is 23.1 Å². The Morgan fingerprint density at radius 3 is 2.58 bits per heavy atom. The second kappa shape index (κ2) is 8.88. The van der Waals surface area contributed by atoms with Crippen molar-refractivity contribution < 1.29 is 18.0 Å². The van der Waals surface area contributed by atoms with Crippen LogP contribution in [0.1, 0.15) is 27.2 Å². The number of aromatic nitrogens is 4. The SMILES string of the molecule is Cc1cn(-c2cc(Nc3ccc(C)c(NC(=O)c4cnc5[nH]ccc5c4)c3)cc(C(F)(F)F)c2)cn1. The molecule has 0 saturated carbocycles. The molecule has 36 heavy (non-hydrogen) atoms. The van der Waals surface area contributed by atoms with E-state index in [0.29, 0.717) is 34.0 Å². The molecule has 182 valence electrons. The number of rotatable bonds is 5. The number of carbonyl (C=O) groups excluding carboxylic acids is 1. The van der Waals surface area contributed by atoms with Crippen LogP contribution in [-0.4, -0.2) is 25.4 Å². The third kappa shape index (κ3) is 4.78. The van der Waals surface area contributed by atoms with Gasteiger partial charge in [0.15, 0.2) is 0 Å². The lowest BCUT2D eigenvalue weighted by Crippen LogP contribution is -2.13. The number of imidazole rings is 1. The number of aryl methyl sites for hydroxylation is 2. The maximum atomic E-state index is 13.6. The van der Waals surface area contributed by atoms with Crippen molar-refractivity contribution in [1.29, 1.82) is 0 Å². The standard InChI is InChI=1S/C26H21F3N6O/c1-15-3-4-20(11-23(15)34-25(36)18-7-17-5-6-30-24(17)31-12-18)33-21-8-19(26(27,28)29)9-22(10-21)35-13-16(2)32-14-35/h3-14,33H,1-2H3,(H,30,31)(H,34,36). The van der Waals surface area contributed by atoms with E-state index in [1.165, 1.54) is 17.1 Å². The minimum atomic E-state index is -4.52. The molecular formula is C26H21F3N6O. The number of anilines is 3. The summed E-state index contributed by atoms with van der Waals surface area (Å²) in [6.07, 6.45) is 1.81. The fourth-order valence-corrected chi connectivity index (χ4v) is 3.82. The van der Waals surface area contributed by atoms with Gasteiger partial charge in [0.25, 0.3) is 5.91 Å². The Bertz CT molecular complexity index is 1580. The van der Waals surface area contributed by atoms with Crippen LogP contribution in [0.2, 0.25) is 0 Å². The third-order valence-corrected chi connectivity index (χ3v) is 5.69. The monoisotopic (exact) mass is 490 g/mol. The second-order valence-corrected chi connectivity index (χ2v) is 8.44. The van der Waals surface area contributed by atoms with Crippen molar-refractivity contribution in [2.45, 2.75) is 20.0 Å². The average Bonchev–Trinajstić information content (AvgIpc) is 3.49. The van der Waals surface area contributed by atoms with Crippen molar-refractivity contribution in [3.63, 3.8) is 0 Å². The molecule has 7 nitrogen and oxygen atoms in total. The van der Waals surface area contributed by atoms with Crippen molar-refractivity contribution >= 4 is 34.0 Å². The number of hydrogen-bond donors (Lipinski definition) is 3. The van der Waals surface area contributed by atoms with Gasteiger partial charge in [-0.05, 0) is 61.9 Å². The largest absolute Gasteiger partial charge is 0.416 e. The number of alkyl halides is 3. The fraction of sp³-hybridized carbons (Fsp3) is 0.115. The van der Waals surface area contributed by atoms with E-state index in [1.807, 2.05) is 13.0 Å². The van der Waals surface area contributed by atoms with Crippen LogP contribution in [0.3, 0.4) is 0 Å². The lowest BCUT2D eigenvalue weighted by Gasteiger charge is -2.16. The summed E-state index contributed by atoms with van der Waals surface area (Å²) in [6, 6.07) is 12.5. The molecule has 5 aromatic rings. The van der Waals surface area contributed by atoms with Gasteiger partial charge in [-0.3, -0.25) is 4.79 Å². The molecule has 0 fully saturated rings. The molecule has 0 unspecified atom stereocenters. The van der Waals surface area contributed by atoms with E-state index in [-0.39, 0.29) is 11.6 Å². The summed E-state index contributed by atoms with van der Waals surface area (Å²) in [6.45, 7) is 3.59. The van der Waals surface area contributed by atoms with E-state index in [1.54, 1.807) is 49.6 Å². The lowest BCUT2D eigenvalue weighted by molar-refractivity contribution is -0.137. The average molecular weight is 490 g/mol. The molecule has 0 aliphatic rings. The molecule has 0 radical (unpaired) electrons. The Labute approximate surface area is 204 Å². The highest BCUT2D eigenvalue weighted by Crippen LogP contribution is 2.34. The topological polar surface area (TPSA) is 87.6 Å². The third-order valence-electron chi connectivity index (χ3n) is 5.69. The zero-order valence-corrected chi connectivity index (χ0v) is 19.3. The number of H-pyrrole nitrogens is 1. The molecule has 0 saturated heterocycles. The van der Waals surface area contributed by atoms with E-state index < -0.39 is 11.7 Å². The van der Waals surface area contributed by atoms with Crippen LogP contribution in [0.15, 0.2) is 73.4 Å². The molecule has 10 heteroatoms. The lowest BCUT2D eigenvalue weighted by atomic mass is 10.1. The predicted octanol–water partition coefficient (Wildman–Crippen LogP) is 6.38. The smallest absolute Gasteiger partial charge is 0.355 e. The molecule has 0 atom stereocenters. The molecule has 0 spiro atoms. The molecular weight excluding hydrogens is 469 g/mol. The quantitative estimate of drug-likeness (QED) is 0.267. The summed E-state index contributed by atoms with van der Waals surface area (Å²) in [4.78, 5) is 24.2. The van der Waals surface area contributed by atoms with Crippen LogP contribution in [-0.2, 0) is 6.18 Å². The first-order valence-corrected chi connectivity index (χ1v) is 11.0. The van der Waals surface area contributed by atoms with Gasteiger partial charge in [0.1, 0.15) is 5.65 Å². The summed E-state index contributed by atoms with van der Waals surface area (Å²) in [5.74, 6) is -0.345. The van der Waals surface area contributed by atoms with Crippen LogP contribution in [0.4, 0.5) is 30.2 Å².